The molecule has 0 atom stereocenters. The zero-order valence-electron chi connectivity index (χ0n) is 9.37. The first kappa shape index (κ1) is 12.1. The molecule has 0 aliphatic rings. The Morgan fingerprint density at radius 1 is 1.26 bits per heavy atom. The van der Waals surface area contributed by atoms with Crippen molar-refractivity contribution in [3.8, 4) is 11.4 Å². The number of anilines is 1. The second-order valence-corrected chi connectivity index (χ2v) is 5.02. The van der Waals surface area contributed by atoms with E-state index in [1.165, 1.54) is 12.1 Å². The maximum absolute atomic E-state index is 13.1. The van der Waals surface area contributed by atoms with Gasteiger partial charge in [-0.25, -0.2) is 9.37 Å². The second kappa shape index (κ2) is 4.30. The molecular formula is C11H7FIN5O. The molecule has 19 heavy (non-hydrogen) atoms. The number of aromatic amines is 2. The van der Waals surface area contributed by atoms with E-state index in [9.17, 15) is 9.18 Å². The molecule has 0 radical (unpaired) electrons. The molecule has 1 aromatic carbocycles. The molecule has 0 saturated carbocycles. The van der Waals surface area contributed by atoms with Crippen LogP contribution in [-0.2, 0) is 0 Å². The van der Waals surface area contributed by atoms with Crippen LogP contribution in [0.3, 0.4) is 0 Å². The van der Waals surface area contributed by atoms with Crippen molar-refractivity contribution in [2.45, 2.75) is 0 Å². The lowest BCUT2D eigenvalue weighted by molar-refractivity contribution is 0.627. The van der Waals surface area contributed by atoms with Gasteiger partial charge in [-0.2, -0.15) is 4.98 Å². The number of imidazole rings is 1. The Morgan fingerprint density at radius 2 is 2.05 bits per heavy atom. The van der Waals surface area contributed by atoms with Gasteiger partial charge in [0.05, 0.1) is 0 Å². The van der Waals surface area contributed by atoms with Crippen molar-refractivity contribution in [1.29, 1.82) is 0 Å². The fraction of sp³-hybridized carbons (Fsp3) is 0. The van der Waals surface area contributed by atoms with E-state index in [2.05, 4.69) is 19.9 Å². The predicted octanol–water partition coefficient (Wildman–Crippen LogP) is 1.64. The number of aromatic nitrogens is 4. The van der Waals surface area contributed by atoms with Crippen molar-refractivity contribution in [2.75, 3.05) is 5.73 Å². The first-order chi connectivity index (χ1) is 9.04. The van der Waals surface area contributed by atoms with Crippen LogP contribution >= 0.6 is 22.6 Å². The van der Waals surface area contributed by atoms with Gasteiger partial charge in [-0.05, 0) is 40.8 Å². The van der Waals surface area contributed by atoms with E-state index in [0.717, 1.165) is 0 Å². The lowest BCUT2D eigenvalue weighted by Gasteiger charge is -1.99. The number of benzene rings is 1. The third kappa shape index (κ3) is 2.07. The number of nitrogens with two attached hydrogens (primary N) is 1. The molecule has 0 bridgehead atoms. The van der Waals surface area contributed by atoms with E-state index >= 15 is 0 Å². The van der Waals surface area contributed by atoms with Crippen molar-refractivity contribution in [2.24, 2.45) is 0 Å². The monoisotopic (exact) mass is 371 g/mol. The average molecular weight is 371 g/mol. The molecule has 0 spiro atoms. The number of nitrogens with one attached hydrogen (secondary N) is 2. The summed E-state index contributed by atoms with van der Waals surface area (Å²) in [5, 5.41) is 0. The molecule has 0 fully saturated rings. The van der Waals surface area contributed by atoms with Crippen LogP contribution in [0.25, 0.3) is 22.6 Å². The molecule has 3 aromatic rings. The maximum atomic E-state index is 13.1. The van der Waals surface area contributed by atoms with Crippen LogP contribution in [0.1, 0.15) is 0 Å². The number of hydrogen-bond acceptors (Lipinski definition) is 4. The average Bonchev–Trinajstić information content (AvgIpc) is 2.72. The topological polar surface area (TPSA) is 100 Å². The lowest BCUT2D eigenvalue weighted by Crippen LogP contribution is -2.10. The van der Waals surface area contributed by atoms with Crippen molar-refractivity contribution in [3.63, 3.8) is 0 Å². The van der Waals surface area contributed by atoms with Gasteiger partial charge in [-0.1, -0.05) is 0 Å². The minimum atomic E-state index is -0.390. The van der Waals surface area contributed by atoms with Crippen LogP contribution < -0.4 is 11.3 Å². The Bertz CT molecular complexity index is 841. The van der Waals surface area contributed by atoms with Crippen LogP contribution in [0, 0.1) is 9.39 Å². The molecule has 0 aliphatic carbocycles. The summed E-state index contributed by atoms with van der Waals surface area (Å²) in [4.78, 5) is 25.1. The highest BCUT2D eigenvalue weighted by Crippen LogP contribution is 2.24. The van der Waals surface area contributed by atoms with Gasteiger partial charge in [0, 0.05) is 9.13 Å². The summed E-state index contributed by atoms with van der Waals surface area (Å²) >= 11 is 2.00. The summed E-state index contributed by atoms with van der Waals surface area (Å²) in [5.41, 5.74) is 6.23. The molecular weight excluding hydrogens is 364 g/mol. The largest absolute Gasteiger partial charge is 0.369 e. The quantitative estimate of drug-likeness (QED) is 0.566. The third-order valence-corrected chi connectivity index (χ3v) is 3.46. The summed E-state index contributed by atoms with van der Waals surface area (Å²) in [6.45, 7) is 0. The summed E-state index contributed by atoms with van der Waals surface area (Å²) in [7, 11) is 0. The van der Waals surface area contributed by atoms with E-state index in [0.29, 0.717) is 15.0 Å². The smallest absolute Gasteiger partial charge is 0.278 e. The minimum Gasteiger partial charge on any atom is -0.369 e. The minimum absolute atomic E-state index is 0.00403. The van der Waals surface area contributed by atoms with Crippen molar-refractivity contribution in [3.05, 3.63) is 37.9 Å². The number of fused-ring (bicyclic) bond motifs is 1. The summed E-state index contributed by atoms with van der Waals surface area (Å²) < 4.78 is 13.7. The van der Waals surface area contributed by atoms with Crippen molar-refractivity contribution < 1.29 is 4.39 Å². The Labute approximate surface area is 119 Å². The predicted molar refractivity (Wildman–Crippen MR) is 77.0 cm³/mol. The Balaban J connectivity index is 2.26. The Kier molecular flexibility index (Phi) is 2.73. The van der Waals surface area contributed by atoms with E-state index in [1.807, 2.05) is 22.6 Å². The Morgan fingerprint density at radius 3 is 2.79 bits per heavy atom. The molecule has 96 valence electrons. The fourth-order valence-corrected chi connectivity index (χ4v) is 2.47. The van der Waals surface area contributed by atoms with Gasteiger partial charge in [0.1, 0.15) is 11.6 Å². The van der Waals surface area contributed by atoms with Crippen LogP contribution in [0.2, 0.25) is 0 Å². The molecule has 2 heterocycles. The van der Waals surface area contributed by atoms with Gasteiger partial charge in [0.25, 0.3) is 5.56 Å². The lowest BCUT2D eigenvalue weighted by atomic mass is 10.2. The summed E-state index contributed by atoms with van der Waals surface area (Å²) in [5.74, 6) is 0.122. The van der Waals surface area contributed by atoms with Gasteiger partial charge < -0.3 is 10.7 Å². The number of rotatable bonds is 1. The van der Waals surface area contributed by atoms with Gasteiger partial charge in [0.15, 0.2) is 11.2 Å². The summed E-state index contributed by atoms with van der Waals surface area (Å²) in [6, 6.07) is 4.30. The SMILES string of the molecule is Nc1nc2nc(-c3ccc(F)cc3I)[nH]c2c(=O)[nH]1. The molecule has 8 heteroatoms. The molecule has 2 aromatic heterocycles. The number of hydrogen-bond donors (Lipinski definition) is 3. The Hall–Kier alpha value is -1.97. The van der Waals surface area contributed by atoms with E-state index in [1.54, 1.807) is 6.07 Å². The van der Waals surface area contributed by atoms with Crippen LogP contribution in [0.5, 0.6) is 0 Å². The first-order valence-electron chi connectivity index (χ1n) is 5.25. The molecule has 0 aliphatic heterocycles. The zero-order chi connectivity index (χ0) is 13.6. The van der Waals surface area contributed by atoms with Gasteiger partial charge >= 0.3 is 0 Å². The number of H-pyrrole nitrogens is 2. The van der Waals surface area contributed by atoms with Crippen LogP contribution in [-0.4, -0.2) is 19.9 Å². The number of halogens is 2. The zero-order valence-corrected chi connectivity index (χ0v) is 11.5. The standard InChI is InChI=1S/C11H7FIN5O/c12-4-1-2-5(6(13)3-4)8-15-7-9(16-8)17-11(14)18-10(7)19/h1-3H,(H4,14,15,16,17,18,19). The van der Waals surface area contributed by atoms with Gasteiger partial charge in [-0.15, -0.1) is 0 Å². The summed E-state index contributed by atoms with van der Waals surface area (Å²) in [6.07, 6.45) is 0. The number of nitrogen functional groups attached to an aromatic ring is 1. The van der Waals surface area contributed by atoms with Crippen LogP contribution in [0.15, 0.2) is 23.0 Å². The fourth-order valence-electron chi connectivity index (χ4n) is 1.73. The van der Waals surface area contributed by atoms with E-state index < -0.39 is 5.56 Å². The molecule has 4 N–H and O–H groups in total. The molecule has 0 unspecified atom stereocenters. The van der Waals surface area contributed by atoms with Gasteiger partial charge in [-0.3, -0.25) is 9.78 Å². The van der Waals surface area contributed by atoms with E-state index in [4.69, 9.17) is 5.73 Å². The highest BCUT2D eigenvalue weighted by Gasteiger charge is 2.12. The highest BCUT2D eigenvalue weighted by molar-refractivity contribution is 14.1. The van der Waals surface area contributed by atoms with Gasteiger partial charge in [0.2, 0.25) is 5.95 Å². The third-order valence-electron chi connectivity index (χ3n) is 2.57. The van der Waals surface area contributed by atoms with Crippen molar-refractivity contribution >= 4 is 39.7 Å². The molecule has 6 nitrogen and oxygen atoms in total. The first-order valence-corrected chi connectivity index (χ1v) is 6.33. The molecule has 0 saturated heterocycles. The molecule has 0 amide bonds. The number of nitrogens with zero attached hydrogens (tertiary/aromatic N) is 2. The maximum Gasteiger partial charge on any atom is 0.278 e. The molecule has 3 rings (SSSR count). The van der Waals surface area contributed by atoms with E-state index in [-0.39, 0.29) is 22.9 Å². The second-order valence-electron chi connectivity index (χ2n) is 3.86. The normalized spacial score (nSPS) is 11.1. The van der Waals surface area contributed by atoms with Crippen LogP contribution in [0.4, 0.5) is 10.3 Å². The highest BCUT2D eigenvalue weighted by atomic mass is 127. The van der Waals surface area contributed by atoms with Crippen molar-refractivity contribution in [1.82, 2.24) is 19.9 Å².